The quantitative estimate of drug-likeness (QED) is 0.592. The van der Waals surface area contributed by atoms with E-state index in [0.29, 0.717) is 20.9 Å². The van der Waals surface area contributed by atoms with Crippen molar-refractivity contribution in [2.75, 3.05) is 0 Å². The first-order valence-corrected chi connectivity index (χ1v) is 6.59. The van der Waals surface area contributed by atoms with Crippen LogP contribution in [0, 0.1) is 0 Å². The molecule has 4 heteroatoms. The lowest BCUT2D eigenvalue weighted by Gasteiger charge is -2.08. The number of rotatable bonds is 2. The number of hydrogen-bond acceptors (Lipinski definition) is 0. The zero-order valence-corrected chi connectivity index (χ0v) is 11.7. The molecule has 17 heavy (non-hydrogen) atoms. The molecule has 0 saturated heterocycles. The third-order valence-corrected chi connectivity index (χ3v) is 3.93. The number of halogens is 4. The zero-order valence-electron chi connectivity index (χ0n) is 8.68. The minimum Gasteiger partial charge on any atom is -0.121 e. The lowest BCUT2D eigenvalue weighted by atomic mass is 10.0. The van der Waals surface area contributed by atoms with Crippen LogP contribution in [0.25, 0.3) is 11.1 Å². The van der Waals surface area contributed by atoms with Gasteiger partial charge in [0.05, 0.1) is 15.1 Å². The lowest BCUT2D eigenvalue weighted by molar-refractivity contribution is 1.40. The van der Waals surface area contributed by atoms with Crippen LogP contribution in [0.3, 0.4) is 0 Å². The zero-order chi connectivity index (χ0) is 12.4. The highest BCUT2D eigenvalue weighted by atomic mass is 35.5. The summed E-state index contributed by atoms with van der Waals surface area (Å²) < 4.78 is 0. The molecule has 0 nitrogen and oxygen atoms in total. The molecule has 2 aromatic rings. The third-order valence-electron chi connectivity index (χ3n) is 2.45. The van der Waals surface area contributed by atoms with Gasteiger partial charge in [0.2, 0.25) is 0 Å². The Labute approximate surface area is 120 Å². The van der Waals surface area contributed by atoms with Crippen LogP contribution in [0.2, 0.25) is 15.1 Å². The minimum atomic E-state index is 0.383. The van der Waals surface area contributed by atoms with Gasteiger partial charge in [-0.05, 0) is 23.3 Å². The second-order valence-corrected chi connectivity index (χ2v) is 5.00. The molecule has 0 aliphatic heterocycles. The predicted octanol–water partition coefficient (Wildman–Crippen LogP) is 6.05. The van der Waals surface area contributed by atoms with E-state index < -0.39 is 0 Å². The van der Waals surface area contributed by atoms with Crippen molar-refractivity contribution in [3.63, 3.8) is 0 Å². The van der Waals surface area contributed by atoms with Crippen LogP contribution in [0.5, 0.6) is 0 Å². The standard InChI is InChI=1S/C13H8Cl4/c14-7-9-2-1-3-10(13(9)17)8-4-5-11(15)12(16)6-8/h1-6H,7H2. The van der Waals surface area contributed by atoms with E-state index in [9.17, 15) is 0 Å². The topological polar surface area (TPSA) is 0 Å². The Hall–Kier alpha value is -0.400. The van der Waals surface area contributed by atoms with Crippen molar-refractivity contribution < 1.29 is 0 Å². The SMILES string of the molecule is ClCc1cccc(-c2ccc(Cl)c(Cl)c2)c1Cl. The van der Waals surface area contributed by atoms with Crippen LogP contribution >= 0.6 is 46.4 Å². The number of hydrogen-bond donors (Lipinski definition) is 0. The molecular weight excluding hydrogens is 298 g/mol. The molecule has 0 heterocycles. The first kappa shape index (κ1) is 13.0. The molecule has 0 unspecified atom stereocenters. The molecule has 0 aliphatic rings. The van der Waals surface area contributed by atoms with Crippen molar-refractivity contribution >= 4 is 46.4 Å². The summed E-state index contributed by atoms with van der Waals surface area (Å²) in [5.41, 5.74) is 2.73. The van der Waals surface area contributed by atoms with Gasteiger partial charge in [-0.3, -0.25) is 0 Å². The predicted molar refractivity (Wildman–Crippen MR) is 76.5 cm³/mol. The van der Waals surface area contributed by atoms with Crippen molar-refractivity contribution in [3.8, 4) is 11.1 Å². The average Bonchev–Trinajstić information content (AvgIpc) is 2.33. The molecular formula is C13H8Cl4. The van der Waals surface area contributed by atoms with E-state index in [1.165, 1.54) is 0 Å². The largest absolute Gasteiger partial charge is 0.121 e. The molecule has 0 radical (unpaired) electrons. The average molecular weight is 306 g/mol. The van der Waals surface area contributed by atoms with Gasteiger partial charge in [0, 0.05) is 11.4 Å². The number of benzene rings is 2. The van der Waals surface area contributed by atoms with E-state index in [1.807, 2.05) is 24.3 Å². The fourth-order valence-electron chi connectivity index (χ4n) is 1.57. The van der Waals surface area contributed by atoms with Crippen molar-refractivity contribution in [2.24, 2.45) is 0 Å². The maximum Gasteiger partial charge on any atom is 0.0598 e. The Morgan fingerprint density at radius 3 is 2.29 bits per heavy atom. The molecule has 0 fully saturated rings. The minimum absolute atomic E-state index is 0.383. The maximum atomic E-state index is 6.28. The van der Waals surface area contributed by atoms with E-state index in [1.54, 1.807) is 12.1 Å². The third kappa shape index (κ3) is 2.71. The van der Waals surface area contributed by atoms with Crippen LogP contribution < -0.4 is 0 Å². The van der Waals surface area contributed by atoms with E-state index in [4.69, 9.17) is 46.4 Å². The molecule has 0 N–H and O–H groups in total. The van der Waals surface area contributed by atoms with Gasteiger partial charge in [0.1, 0.15) is 0 Å². The van der Waals surface area contributed by atoms with Crippen molar-refractivity contribution in [1.82, 2.24) is 0 Å². The molecule has 0 saturated carbocycles. The Kier molecular flexibility index (Phi) is 4.22. The highest BCUT2D eigenvalue weighted by Gasteiger charge is 2.08. The first-order valence-electron chi connectivity index (χ1n) is 4.92. The smallest absolute Gasteiger partial charge is 0.0598 e. The molecule has 0 spiro atoms. The molecule has 88 valence electrons. The van der Waals surface area contributed by atoms with Gasteiger partial charge in [0.25, 0.3) is 0 Å². The normalized spacial score (nSPS) is 10.6. The summed E-state index contributed by atoms with van der Waals surface area (Å²) in [6.07, 6.45) is 0. The molecule has 0 bridgehead atoms. The highest BCUT2D eigenvalue weighted by molar-refractivity contribution is 6.42. The molecule has 0 aromatic heterocycles. The van der Waals surface area contributed by atoms with Crippen LogP contribution in [0.1, 0.15) is 5.56 Å². The molecule has 0 aliphatic carbocycles. The summed E-state index contributed by atoms with van der Waals surface area (Å²) in [5, 5.41) is 1.69. The Bertz CT molecular complexity index is 549. The van der Waals surface area contributed by atoms with E-state index in [2.05, 4.69) is 0 Å². The fourth-order valence-corrected chi connectivity index (χ4v) is 2.46. The van der Waals surface area contributed by atoms with E-state index >= 15 is 0 Å². The Morgan fingerprint density at radius 1 is 0.882 bits per heavy atom. The summed E-state index contributed by atoms with van der Waals surface area (Å²) in [6, 6.07) is 11.2. The molecule has 2 aromatic carbocycles. The van der Waals surface area contributed by atoms with Crippen molar-refractivity contribution in [2.45, 2.75) is 5.88 Å². The summed E-state index contributed by atoms with van der Waals surface area (Å²) in [7, 11) is 0. The Balaban J connectivity index is 2.56. The Morgan fingerprint density at radius 2 is 1.65 bits per heavy atom. The van der Waals surface area contributed by atoms with Crippen LogP contribution in [-0.4, -0.2) is 0 Å². The first-order chi connectivity index (χ1) is 8.13. The molecule has 0 atom stereocenters. The molecule has 2 rings (SSSR count). The maximum absolute atomic E-state index is 6.28. The summed E-state index contributed by atoms with van der Waals surface area (Å²) in [4.78, 5) is 0. The van der Waals surface area contributed by atoms with Crippen LogP contribution in [0.4, 0.5) is 0 Å². The van der Waals surface area contributed by atoms with Gasteiger partial charge in [-0.15, -0.1) is 11.6 Å². The van der Waals surface area contributed by atoms with Gasteiger partial charge in [-0.2, -0.15) is 0 Å². The van der Waals surface area contributed by atoms with Crippen molar-refractivity contribution in [3.05, 3.63) is 57.0 Å². The highest BCUT2D eigenvalue weighted by Crippen LogP contribution is 2.34. The van der Waals surface area contributed by atoms with Crippen LogP contribution in [-0.2, 0) is 5.88 Å². The summed E-state index contributed by atoms with van der Waals surface area (Å²) in [5.74, 6) is 0.383. The second-order valence-electron chi connectivity index (χ2n) is 3.54. The lowest BCUT2D eigenvalue weighted by Crippen LogP contribution is -1.85. The van der Waals surface area contributed by atoms with Gasteiger partial charge in [-0.1, -0.05) is 59.1 Å². The summed E-state index contributed by atoms with van der Waals surface area (Å²) >= 11 is 24.0. The van der Waals surface area contributed by atoms with Gasteiger partial charge < -0.3 is 0 Å². The number of alkyl halides is 1. The monoisotopic (exact) mass is 304 g/mol. The van der Waals surface area contributed by atoms with E-state index in [-0.39, 0.29) is 0 Å². The van der Waals surface area contributed by atoms with Gasteiger partial charge >= 0.3 is 0 Å². The summed E-state index contributed by atoms with van der Waals surface area (Å²) in [6.45, 7) is 0. The molecule has 0 amide bonds. The fraction of sp³-hybridized carbons (Fsp3) is 0.0769. The second kappa shape index (κ2) is 5.49. The van der Waals surface area contributed by atoms with Gasteiger partial charge in [-0.25, -0.2) is 0 Å². The van der Waals surface area contributed by atoms with E-state index in [0.717, 1.165) is 16.7 Å². The van der Waals surface area contributed by atoms with Crippen molar-refractivity contribution in [1.29, 1.82) is 0 Å². The van der Waals surface area contributed by atoms with Crippen LogP contribution in [0.15, 0.2) is 36.4 Å². The van der Waals surface area contributed by atoms with Gasteiger partial charge in [0.15, 0.2) is 0 Å².